The van der Waals surface area contributed by atoms with Crippen LogP contribution in [0.1, 0.15) is 24.2 Å². The van der Waals surface area contributed by atoms with Gasteiger partial charge < -0.3 is 15.1 Å². The third kappa shape index (κ3) is 4.49. The average molecular weight is 443 g/mol. The predicted octanol–water partition coefficient (Wildman–Crippen LogP) is 3.48. The van der Waals surface area contributed by atoms with Crippen molar-refractivity contribution in [1.29, 1.82) is 0 Å². The van der Waals surface area contributed by atoms with Crippen LogP contribution < -0.4 is 10.6 Å². The Bertz CT molecular complexity index is 669. The van der Waals surface area contributed by atoms with Gasteiger partial charge in [0.15, 0.2) is 5.96 Å². The number of benzene rings is 1. The molecule has 1 aromatic carbocycles. The summed E-state index contributed by atoms with van der Waals surface area (Å²) >= 11 is 0. The van der Waals surface area contributed by atoms with Gasteiger partial charge in [0.1, 0.15) is 11.6 Å². The van der Waals surface area contributed by atoms with Gasteiger partial charge in [0.25, 0.3) is 0 Å². The summed E-state index contributed by atoms with van der Waals surface area (Å²) in [5.74, 6) is 1.56. The van der Waals surface area contributed by atoms with Gasteiger partial charge >= 0.3 is 0 Å². The van der Waals surface area contributed by atoms with E-state index in [-0.39, 0.29) is 35.2 Å². The quantitative estimate of drug-likeness (QED) is 0.409. The van der Waals surface area contributed by atoms with Gasteiger partial charge in [0, 0.05) is 32.0 Å². The average Bonchev–Trinajstić information content (AvgIpc) is 3.17. The molecular formula is C18H23FIN3O. The lowest BCUT2D eigenvalue weighted by molar-refractivity contribution is 0.506. The molecule has 1 aromatic heterocycles. The maximum absolute atomic E-state index is 14.0. The van der Waals surface area contributed by atoms with Crippen LogP contribution >= 0.6 is 24.0 Å². The van der Waals surface area contributed by atoms with Crippen LogP contribution in [0.15, 0.2) is 52.1 Å². The van der Waals surface area contributed by atoms with Crippen LogP contribution in [-0.4, -0.2) is 26.1 Å². The van der Waals surface area contributed by atoms with Crippen molar-refractivity contribution in [3.8, 4) is 0 Å². The van der Waals surface area contributed by atoms with E-state index in [4.69, 9.17) is 4.42 Å². The number of furan rings is 1. The molecule has 24 heavy (non-hydrogen) atoms. The molecule has 1 heterocycles. The summed E-state index contributed by atoms with van der Waals surface area (Å²) in [6, 6.07) is 10.9. The first-order valence-corrected chi connectivity index (χ1v) is 7.95. The first-order chi connectivity index (χ1) is 11.2. The molecule has 6 heteroatoms. The van der Waals surface area contributed by atoms with E-state index >= 15 is 0 Å². The predicted molar refractivity (Wildman–Crippen MR) is 105 cm³/mol. The van der Waals surface area contributed by atoms with Gasteiger partial charge in [-0.1, -0.05) is 18.2 Å². The molecule has 1 aliphatic carbocycles. The van der Waals surface area contributed by atoms with Gasteiger partial charge in [-0.2, -0.15) is 0 Å². The summed E-state index contributed by atoms with van der Waals surface area (Å²) in [5.41, 5.74) is 0.711. The monoisotopic (exact) mass is 443 g/mol. The molecule has 0 unspecified atom stereocenters. The van der Waals surface area contributed by atoms with Crippen molar-refractivity contribution in [2.75, 3.05) is 20.1 Å². The number of aliphatic imine (C=N–C) groups is 1. The van der Waals surface area contributed by atoms with Crippen LogP contribution in [0.3, 0.4) is 0 Å². The van der Waals surface area contributed by atoms with E-state index in [9.17, 15) is 4.39 Å². The smallest absolute Gasteiger partial charge is 0.191 e. The molecule has 1 saturated carbocycles. The minimum atomic E-state index is -0.118. The van der Waals surface area contributed by atoms with Crippen LogP contribution in [0.4, 0.5) is 4.39 Å². The molecule has 0 aliphatic heterocycles. The molecule has 0 saturated heterocycles. The highest BCUT2D eigenvalue weighted by Crippen LogP contribution is 2.48. The van der Waals surface area contributed by atoms with Gasteiger partial charge in [-0.25, -0.2) is 4.39 Å². The summed E-state index contributed by atoms with van der Waals surface area (Å²) in [7, 11) is 1.74. The lowest BCUT2D eigenvalue weighted by Crippen LogP contribution is -2.42. The first-order valence-electron chi connectivity index (χ1n) is 7.95. The van der Waals surface area contributed by atoms with E-state index in [0.717, 1.165) is 43.1 Å². The van der Waals surface area contributed by atoms with E-state index in [1.165, 1.54) is 6.07 Å². The number of guanidine groups is 1. The Morgan fingerprint density at radius 1 is 1.21 bits per heavy atom. The Balaban J connectivity index is 0.00000208. The number of hydrogen-bond acceptors (Lipinski definition) is 2. The summed E-state index contributed by atoms with van der Waals surface area (Å²) in [6.07, 6.45) is 4.48. The molecule has 0 atom stereocenters. The molecule has 1 fully saturated rings. The van der Waals surface area contributed by atoms with Crippen molar-refractivity contribution in [2.45, 2.75) is 24.7 Å². The van der Waals surface area contributed by atoms with Crippen LogP contribution in [0, 0.1) is 5.82 Å². The van der Waals surface area contributed by atoms with Crippen molar-refractivity contribution < 1.29 is 8.81 Å². The fraction of sp³-hybridized carbons (Fsp3) is 0.389. The summed E-state index contributed by atoms with van der Waals surface area (Å²) in [4.78, 5) is 4.22. The van der Waals surface area contributed by atoms with Crippen molar-refractivity contribution in [3.05, 3.63) is 59.8 Å². The van der Waals surface area contributed by atoms with Gasteiger partial charge in [-0.15, -0.1) is 24.0 Å². The van der Waals surface area contributed by atoms with Gasteiger partial charge in [-0.3, -0.25) is 4.99 Å². The number of hydrogen-bond donors (Lipinski definition) is 2. The molecule has 3 rings (SSSR count). The fourth-order valence-corrected chi connectivity index (χ4v) is 2.82. The lowest BCUT2D eigenvalue weighted by atomic mass is 9.95. The van der Waals surface area contributed by atoms with Gasteiger partial charge in [0.2, 0.25) is 0 Å². The Hall–Kier alpha value is -1.57. The van der Waals surface area contributed by atoms with E-state index in [1.807, 2.05) is 24.3 Å². The Kier molecular flexibility index (Phi) is 6.65. The van der Waals surface area contributed by atoms with Crippen molar-refractivity contribution in [3.63, 3.8) is 0 Å². The molecule has 0 bridgehead atoms. The van der Waals surface area contributed by atoms with Gasteiger partial charge in [-0.05, 0) is 36.6 Å². The molecule has 0 radical (unpaired) electrons. The molecule has 4 nitrogen and oxygen atoms in total. The minimum Gasteiger partial charge on any atom is -0.469 e. The molecule has 2 N–H and O–H groups in total. The third-order valence-electron chi connectivity index (χ3n) is 4.36. The highest BCUT2D eigenvalue weighted by atomic mass is 127. The maximum atomic E-state index is 14.0. The third-order valence-corrected chi connectivity index (χ3v) is 4.36. The van der Waals surface area contributed by atoms with Crippen LogP contribution in [0.5, 0.6) is 0 Å². The minimum absolute atomic E-state index is 0. The molecule has 0 amide bonds. The molecule has 2 aromatic rings. The first kappa shape index (κ1) is 18.8. The van der Waals surface area contributed by atoms with Crippen molar-refractivity contribution >= 4 is 29.9 Å². The Labute approximate surface area is 159 Å². The topological polar surface area (TPSA) is 49.6 Å². The van der Waals surface area contributed by atoms with Crippen LogP contribution in [0.2, 0.25) is 0 Å². The Morgan fingerprint density at radius 3 is 2.62 bits per heavy atom. The Morgan fingerprint density at radius 2 is 2.00 bits per heavy atom. The van der Waals surface area contributed by atoms with E-state index in [0.29, 0.717) is 6.54 Å². The zero-order chi connectivity index (χ0) is 16.1. The molecule has 1 aliphatic rings. The number of nitrogens with zero attached hydrogens (tertiary/aromatic N) is 1. The van der Waals surface area contributed by atoms with Crippen LogP contribution in [-0.2, 0) is 11.8 Å². The molecular weight excluding hydrogens is 420 g/mol. The fourth-order valence-electron chi connectivity index (χ4n) is 2.82. The largest absolute Gasteiger partial charge is 0.469 e. The normalized spacial score (nSPS) is 15.5. The summed E-state index contributed by atoms with van der Waals surface area (Å²) < 4.78 is 19.3. The molecule has 130 valence electrons. The SMILES string of the molecule is CN=C(NCCc1ccco1)NCC1(c2ccccc2F)CC1.I. The van der Waals surface area contributed by atoms with E-state index in [1.54, 1.807) is 19.4 Å². The molecule has 0 spiro atoms. The van der Waals surface area contributed by atoms with Crippen LogP contribution in [0.25, 0.3) is 0 Å². The maximum Gasteiger partial charge on any atom is 0.191 e. The highest BCUT2D eigenvalue weighted by molar-refractivity contribution is 14.0. The second kappa shape index (κ2) is 8.50. The number of nitrogens with one attached hydrogen (secondary N) is 2. The summed E-state index contributed by atoms with van der Waals surface area (Å²) in [6.45, 7) is 1.42. The van der Waals surface area contributed by atoms with E-state index < -0.39 is 0 Å². The lowest BCUT2D eigenvalue weighted by Gasteiger charge is -2.19. The highest BCUT2D eigenvalue weighted by Gasteiger charge is 2.45. The summed E-state index contributed by atoms with van der Waals surface area (Å²) in [5, 5.41) is 6.58. The number of halogens is 2. The van der Waals surface area contributed by atoms with E-state index in [2.05, 4.69) is 15.6 Å². The standard InChI is InChI=1S/C18H22FN3O.HI/c1-20-17(21-11-8-14-5-4-12-23-14)22-13-18(9-10-18)15-6-2-3-7-16(15)19;/h2-7,12H,8-11,13H2,1H3,(H2,20,21,22);1H. The van der Waals surface area contributed by atoms with Crippen molar-refractivity contribution in [1.82, 2.24) is 10.6 Å². The zero-order valence-corrected chi connectivity index (χ0v) is 16.0. The second-order valence-corrected chi connectivity index (χ2v) is 5.94. The van der Waals surface area contributed by atoms with Gasteiger partial charge in [0.05, 0.1) is 6.26 Å². The second-order valence-electron chi connectivity index (χ2n) is 5.94. The van der Waals surface area contributed by atoms with Crippen molar-refractivity contribution in [2.24, 2.45) is 4.99 Å². The zero-order valence-electron chi connectivity index (χ0n) is 13.7. The number of rotatable bonds is 6.